The number of hydrogen-bond acceptors (Lipinski definition) is 4. The van der Waals surface area contributed by atoms with Crippen molar-refractivity contribution < 1.29 is 9.47 Å². The van der Waals surface area contributed by atoms with Gasteiger partial charge in [-0.25, -0.2) is 0 Å². The van der Waals surface area contributed by atoms with Crippen molar-refractivity contribution in [2.45, 2.75) is 51.8 Å². The molecule has 6 nitrogen and oxygen atoms in total. The lowest BCUT2D eigenvalue weighted by molar-refractivity contribution is -0.0923. The molecule has 0 radical (unpaired) electrons. The summed E-state index contributed by atoms with van der Waals surface area (Å²) in [6.45, 7) is 13.5. The minimum Gasteiger partial charge on any atom is -0.381 e. The highest BCUT2D eigenvalue weighted by molar-refractivity contribution is 5.80. The summed E-state index contributed by atoms with van der Waals surface area (Å²) in [6.07, 6.45) is 1.35. The fraction of sp³-hybridized carbons (Fsp3) is 0.941. The van der Waals surface area contributed by atoms with Crippen molar-refractivity contribution in [3.05, 3.63) is 0 Å². The Balaban J connectivity index is 1.83. The van der Waals surface area contributed by atoms with Crippen molar-refractivity contribution in [2.75, 3.05) is 47.0 Å². The zero-order valence-corrected chi connectivity index (χ0v) is 15.6. The van der Waals surface area contributed by atoms with Crippen LogP contribution in [0, 0.1) is 5.41 Å². The predicted octanol–water partition coefficient (Wildman–Crippen LogP) is 1.08. The van der Waals surface area contributed by atoms with E-state index in [1.807, 2.05) is 7.05 Å². The third-order valence-corrected chi connectivity index (χ3v) is 5.55. The number of guanidine groups is 1. The van der Waals surface area contributed by atoms with Gasteiger partial charge in [-0.1, -0.05) is 13.8 Å². The lowest BCUT2D eigenvalue weighted by atomic mass is 9.64. The van der Waals surface area contributed by atoms with Crippen LogP contribution in [-0.4, -0.2) is 75.5 Å². The van der Waals surface area contributed by atoms with E-state index in [1.54, 1.807) is 7.11 Å². The minimum atomic E-state index is 0.0750. The highest BCUT2D eigenvalue weighted by Gasteiger charge is 2.49. The van der Waals surface area contributed by atoms with Gasteiger partial charge in [0.15, 0.2) is 5.96 Å². The van der Waals surface area contributed by atoms with E-state index in [4.69, 9.17) is 9.47 Å². The lowest BCUT2D eigenvalue weighted by Gasteiger charge is -2.51. The van der Waals surface area contributed by atoms with Gasteiger partial charge in [-0.2, -0.15) is 0 Å². The molecular weight excluding hydrogens is 292 g/mol. The van der Waals surface area contributed by atoms with Crippen LogP contribution in [0.3, 0.4) is 0 Å². The van der Waals surface area contributed by atoms with Gasteiger partial charge in [0.1, 0.15) is 0 Å². The highest BCUT2D eigenvalue weighted by atomic mass is 16.5. The Morgan fingerprint density at radius 3 is 2.52 bits per heavy atom. The van der Waals surface area contributed by atoms with Gasteiger partial charge in [-0.3, -0.25) is 9.89 Å². The SMILES string of the molecule is CN=C(NCC(C)(C)N1CCOCC1)NC1CC(OC)C1(C)C. The summed E-state index contributed by atoms with van der Waals surface area (Å²) in [4.78, 5) is 6.86. The molecule has 1 heterocycles. The monoisotopic (exact) mass is 326 g/mol. The second-order valence-electron chi connectivity index (χ2n) is 7.82. The minimum absolute atomic E-state index is 0.0750. The van der Waals surface area contributed by atoms with Crippen molar-refractivity contribution in [1.29, 1.82) is 0 Å². The Morgan fingerprint density at radius 2 is 2.00 bits per heavy atom. The predicted molar refractivity (Wildman–Crippen MR) is 94.0 cm³/mol. The molecule has 6 heteroatoms. The van der Waals surface area contributed by atoms with Gasteiger partial charge in [0.25, 0.3) is 0 Å². The van der Waals surface area contributed by atoms with Crippen LogP contribution < -0.4 is 10.6 Å². The zero-order valence-electron chi connectivity index (χ0n) is 15.6. The molecule has 0 aromatic carbocycles. The fourth-order valence-corrected chi connectivity index (χ4v) is 3.47. The van der Waals surface area contributed by atoms with Crippen molar-refractivity contribution in [3.8, 4) is 0 Å². The number of rotatable bonds is 5. The number of nitrogens with zero attached hydrogens (tertiary/aromatic N) is 2. The molecule has 2 unspecified atom stereocenters. The summed E-state index contributed by atoms with van der Waals surface area (Å²) >= 11 is 0. The Bertz CT molecular complexity index is 417. The van der Waals surface area contributed by atoms with Crippen molar-refractivity contribution in [2.24, 2.45) is 10.4 Å². The van der Waals surface area contributed by atoms with Crippen LogP contribution in [0.15, 0.2) is 4.99 Å². The number of hydrogen-bond donors (Lipinski definition) is 2. The van der Waals surface area contributed by atoms with Crippen LogP contribution in [0.4, 0.5) is 0 Å². The van der Waals surface area contributed by atoms with Crippen LogP contribution in [0.25, 0.3) is 0 Å². The molecular formula is C17H34N4O2. The molecule has 2 rings (SSSR count). The molecule has 0 spiro atoms. The molecule has 2 atom stereocenters. The maximum atomic E-state index is 5.52. The quantitative estimate of drug-likeness (QED) is 0.585. The Labute approximate surface area is 141 Å². The summed E-state index contributed by atoms with van der Waals surface area (Å²) in [5, 5.41) is 7.04. The molecule has 0 aromatic heterocycles. The number of methoxy groups -OCH3 is 1. The average Bonchev–Trinajstić information content (AvgIpc) is 2.54. The Morgan fingerprint density at radius 1 is 1.35 bits per heavy atom. The van der Waals surface area contributed by atoms with Gasteiger partial charge >= 0.3 is 0 Å². The van der Waals surface area contributed by atoms with Crippen molar-refractivity contribution >= 4 is 5.96 Å². The van der Waals surface area contributed by atoms with Crippen LogP contribution in [-0.2, 0) is 9.47 Å². The van der Waals surface area contributed by atoms with E-state index in [1.165, 1.54) is 0 Å². The van der Waals surface area contributed by atoms with Gasteiger partial charge in [-0.15, -0.1) is 0 Å². The molecule has 1 saturated carbocycles. The van der Waals surface area contributed by atoms with E-state index in [9.17, 15) is 0 Å². The number of ether oxygens (including phenoxy) is 2. The molecule has 2 aliphatic rings. The maximum absolute atomic E-state index is 5.52. The van der Waals surface area contributed by atoms with E-state index < -0.39 is 0 Å². The number of morpholine rings is 1. The van der Waals surface area contributed by atoms with Gasteiger partial charge in [0, 0.05) is 50.8 Å². The summed E-state index contributed by atoms with van der Waals surface area (Å²) in [5.74, 6) is 0.874. The van der Waals surface area contributed by atoms with E-state index in [0.717, 1.165) is 45.2 Å². The Kier molecular flexibility index (Phi) is 5.92. The average molecular weight is 326 g/mol. The van der Waals surface area contributed by atoms with E-state index >= 15 is 0 Å². The molecule has 1 saturated heterocycles. The molecule has 0 aromatic rings. The van der Waals surface area contributed by atoms with Crippen molar-refractivity contribution in [3.63, 3.8) is 0 Å². The van der Waals surface area contributed by atoms with Crippen molar-refractivity contribution in [1.82, 2.24) is 15.5 Å². The van der Waals surface area contributed by atoms with Gasteiger partial charge in [-0.05, 0) is 20.3 Å². The summed E-state index contributed by atoms with van der Waals surface area (Å²) in [5.41, 5.74) is 0.206. The van der Waals surface area contributed by atoms with Gasteiger partial charge in [0.2, 0.25) is 0 Å². The summed E-state index contributed by atoms with van der Waals surface area (Å²) in [7, 11) is 3.62. The third-order valence-electron chi connectivity index (χ3n) is 5.55. The van der Waals surface area contributed by atoms with E-state index in [-0.39, 0.29) is 11.0 Å². The first-order valence-corrected chi connectivity index (χ1v) is 8.64. The fourth-order valence-electron chi connectivity index (χ4n) is 3.47. The molecule has 2 N–H and O–H groups in total. The molecule has 1 aliphatic carbocycles. The van der Waals surface area contributed by atoms with E-state index in [2.05, 4.69) is 48.2 Å². The topological polar surface area (TPSA) is 58.1 Å². The molecule has 1 aliphatic heterocycles. The Hall–Kier alpha value is -0.850. The van der Waals surface area contributed by atoms with Crippen LogP contribution in [0.5, 0.6) is 0 Å². The summed E-state index contributed by atoms with van der Waals surface area (Å²) in [6, 6.07) is 0.394. The van der Waals surface area contributed by atoms with Crippen LogP contribution in [0.2, 0.25) is 0 Å². The normalized spacial score (nSPS) is 29.0. The zero-order chi connectivity index (χ0) is 17.1. The first-order valence-electron chi connectivity index (χ1n) is 8.64. The molecule has 0 amide bonds. The maximum Gasteiger partial charge on any atom is 0.191 e. The molecule has 23 heavy (non-hydrogen) atoms. The molecule has 134 valence electrons. The second-order valence-corrected chi connectivity index (χ2v) is 7.82. The van der Waals surface area contributed by atoms with Gasteiger partial charge in [0.05, 0.1) is 19.3 Å². The van der Waals surface area contributed by atoms with Crippen LogP contribution in [0.1, 0.15) is 34.1 Å². The van der Waals surface area contributed by atoms with E-state index in [0.29, 0.717) is 12.1 Å². The second kappa shape index (κ2) is 7.36. The number of aliphatic imine (C=N–C) groups is 1. The first-order chi connectivity index (χ1) is 10.8. The number of nitrogens with one attached hydrogen (secondary N) is 2. The molecule has 2 fully saturated rings. The van der Waals surface area contributed by atoms with Gasteiger partial charge < -0.3 is 20.1 Å². The highest BCUT2D eigenvalue weighted by Crippen LogP contribution is 2.42. The summed E-state index contributed by atoms with van der Waals surface area (Å²) < 4.78 is 11.0. The standard InChI is InChI=1S/C17H34N4O2/c1-16(2,21-7-9-23-10-8-21)12-19-15(18-5)20-13-11-14(22-6)17(13,3)4/h13-14H,7-12H2,1-6H3,(H2,18,19,20). The lowest BCUT2D eigenvalue weighted by Crippen LogP contribution is -2.64. The third kappa shape index (κ3) is 4.17. The smallest absolute Gasteiger partial charge is 0.191 e. The first kappa shape index (κ1) is 18.5. The molecule has 0 bridgehead atoms. The van der Waals surface area contributed by atoms with Crippen LogP contribution >= 0.6 is 0 Å². The largest absolute Gasteiger partial charge is 0.381 e.